The molecule has 2 aromatic carbocycles. The molecule has 0 aliphatic carbocycles. The van der Waals surface area contributed by atoms with Gasteiger partial charge in [-0.1, -0.05) is 36.4 Å². The van der Waals surface area contributed by atoms with Crippen molar-refractivity contribution in [1.82, 2.24) is 0 Å². The highest BCUT2D eigenvalue weighted by Gasteiger charge is 2.08. The molecule has 0 radical (unpaired) electrons. The number of nitrogens with zero attached hydrogens (tertiary/aromatic N) is 2. The fourth-order valence-corrected chi connectivity index (χ4v) is 2.23. The number of aliphatic imine (C=N–C) groups is 2. The minimum Gasteiger partial charge on any atom is -0.454 e. The molecule has 0 saturated heterocycles. The van der Waals surface area contributed by atoms with Gasteiger partial charge in [0.2, 0.25) is 0 Å². The molecule has 1 aromatic heterocycles. The van der Waals surface area contributed by atoms with Gasteiger partial charge in [-0.15, -0.1) is 0 Å². The van der Waals surface area contributed by atoms with Crippen LogP contribution in [-0.4, -0.2) is 11.4 Å². The van der Waals surface area contributed by atoms with Gasteiger partial charge in [-0.25, -0.2) is 9.98 Å². The first-order chi connectivity index (χ1) is 11.2. The van der Waals surface area contributed by atoms with E-state index in [1.54, 1.807) is 0 Å². The predicted octanol–water partition coefficient (Wildman–Crippen LogP) is 5.56. The number of rotatable bonds is 4. The van der Waals surface area contributed by atoms with Crippen LogP contribution in [-0.2, 0) is 0 Å². The van der Waals surface area contributed by atoms with Gasteiger partial charge in [-0.2, -0.15) is 0 Å². The summed E-state index contributed by atoms with van der Waals surface area (Å²) in [6, 6.07) is 23.6. The van der Waals surface area contributed by atoms with E-state index in [-0.39, 0.29) is 0 Å². The van der Waals surface area contributed by atoms with E-state index >= 15 is 0 Å². The van der Waals surface area contributed by atoms with Crippen molar-refractivity contribution in [3.63, 3.8) is 0 Å². The van der Waals surface area contributed by atoms with Crippen molar-refractivity contribution in [1.29, 1.82) is 0 Å². The Bertz CT molecular complexity index is 760. The van der Waals surface area contributed by atoms with Crippen LogP contribution < -0.4 is 0 Å². The highest BCUT2D eigenvalue weighted by Crippen LogP contribution is 2.17. The fraction of sp³-hybridized carbons (Fsp3) is 0.100. The average molecular weight is 302 g/mol. The van der Waals surface area contributed by atoms with Gasteiger partial charge in [0, 0.05) is 0 Å². The smallest absolute Gasteiger partial charge is 0.148 e. The molecule has 3 rings (SSSR count). The van der Waals surface area contributed by atoms with Crippen molar-refractivity contribution in [3.05, 3.63) is 84.3 Å². The van der Waals surface area contributed by atoms with Crippen LogP contribution in [0.2, 0.25) is 0 Å². The summed E-state index contributed by atoms with van der Waals surface area (Å²) in [6.07, 6.45) is 0. The zero-order chi connectivity index (χ0) is 16.1. The number of hydrogen-bond acceptors (Lipinski definition) is 3. The molecule has 0 spiro atoms. The van der Waals surface area contributed by atoms with Crippen molar-refractivity contribution < 1.29 is 4.42 Å². The summed E-state index contributed by atoms with van der Waals surface area (Å²) in [4.78, 5) is 9.14. The van der Waals surface area contributed by atoms with Crippen molar-refractivity contribution in [2.24, 2.45) is 9.98 Å². The molecular weight excluding hydrogens is 284 g/mol. The number of benzene rings is 2. The van der Waals surface area contributed by atoms with Crippen LogP contribution >= 0.6 is 0 Å². The lowest BCUT2D eigenvalue weighted by Crippen LogP contribution is -1.93. The third-order valence-electron chi connectivity index (χ3n) is 3.43. The molecule has 0 aliphatic heterocycles. The number of para-hydroxylation sites is 2. The molecule has 1 heterocycles. The van der Waals surface area contributed by atoms with E-state index < -0.39 is 0 Å². The normalized spacial score (nSPS) is 12.4. The zero-order valence-electron chi connectivity index (χ0n) is 13.2. The van der Waals surface area contributed by atoms with E-state index in [2.05, 4.69) is 9.98 Å². The van der Waals surface area contributed by atoms with E-state index in [0.717, 1.165) is 34.3 Å². The second-order valence-electron chi connectivity index (χ2n) is 5.23. The van der Waals surface area contributed by atoms with Gasteiger partial charge < -0.3 is 4.42 Å². The Labute approximate surface area is 136 Å². The third kappa shape index (κ3) is 3.83. The number of furan rings is 1. The summed E-state index contributed by atoms with van der Waals surface area (Å²) in [6.45, 7) is 3.89. The zero-order valence-corrected chi connectivity index (χ0v) is 13.2. The van der Waals surface area contributed by atoms with E-state index in [0.29, 0.717) is 0 Å². The Kier molecular flexibility index (Phi) is 4.48. The SMILES string of the molecule is C/C(=N\c1ccccc1)c1ccc(/C(C)=N/c2ccccc2)o1. The van der Waals surface area contributed by atoms with Crippen LogP contribution in [0.1, 0.15) is 25.4 Å². The average Bonchev–Trinajstić information content (AvgIpc) is 3.07. The quantitative estimate of drug-likeness (QED) is 0.581. The van der Waals surface area contributed by atoms with Gasteiger partial charge in [0.15, 0.2) is 0 Å². The van der Waals surface area contributed by atoms with Gasteiger partial charge in [0.1, 0.15) is 11.5 Å². The van der Waals surface area contributed by atoms with Crippen LogP contribution in [0.5, 0.6) is 0 Å². The molecule has 0 fully saturated rings. The highest BCUT2D eigenvalue weighted by atomic mass is 16.3. The molecule has 23 heavy (non-hydrogen) atoms. The van der Waals surface area contributed by atoms with E-state index in [1.807, 2.05) is 86.6 Å². The maximum absolute atomic E-state index is 5.89. The lowest BCUT2D eigenvalue weighted by atomic mass is 10.2. The Morgan fingerprint density at radius 3 is 1.39 bits per heavy atom. The van der Waals surface area contributed by atoms with Gasteiger partial charge >= 0.3 is 0 Å². The predicted molar refractivity (Wildman–Crippen MR) is 95.3 cm³/mol. The first kappa shape index (κ1) is 15.0. The first-order valence-corrected chi connectivity index (χ1v) is 7.53. The highest BCUT2D eigenvalue weighted by molar-refractivity contribution is 6.01. The van der Waals surface area contributed by atoms with Crippen molar-refractivity contribution in [3.8, 4) is 0 Å². The molecule has 114 valence electrons. The summed E-state index contributed by atoms with van der Waals surface area (Å²) < 4.78 is 5.89. The molecule has 0 bridgehead atoms. The third-order valence-corrected chi connectivity index (χ3v) is 3.43. The van der Waals surface area contributed by atoms with E-state index in [9.17, 15) is 0 Å². The van der Waals surface area contributed by atoms with Gasteiger partial charge in [0.05, 0.1) is 22.8 Å². The second-order valence-corrected chi connectivity index (χ2v) is 5.23. The Hall–Kier alpha value is -2.94. The Morgan fingerprint density at radius 2 is 1.00 bits per heavy atom. The standard InChI is InChI=1S/C20H18N2O/c1-15(21-17-9-5-3-6-10-17)19-13-14-20(23-19)16(2)22-18-11-7-4-8-12-18/h3-14H,1-2H3/b21-15+,22-16+. The van der Waals surface area contributed by atoms with Gasteiger partial charge in [-0.05, 0) is 50.2 Å². The molecule has 0 saturated carbocycles. The Morgan fingerprint density at radius 1 is 0.609 bits per heavy atom. The Balaban J connectivity index is 1.83. The molecular formula is C20H18N2O. The topological polar surface area (TPSA) is 37.9 Å². The lowest BCUT2D eigenvalue weighted by Gasteiger charge is -1.99. The van der Waals surface area contributed by atoms with E-state index in [4.69, 9.17) is 4.42 Å². The second kappa shape index (κ2) is 6.88. The molecule has 0 aliphatic rings. The van der Waals surface area contributed by atoms with Crippen molar-refractivity contribution in [2.45, 2.75) is 13.8 Å². The van der Waals surface area contributed by atoms with Crippen LogP contribution in [0.25, 0.3) is 0 Å². The number of hydrogen-bond donors (Lipinski definition) is 0. The van der Waals surface area contributed by atoms with Gasteiger partial charge in [-0.3, -0.25) is 0 Å². The summed E-state index contributed by atoms with van der Waals surface area (Å²) in [5.41, 5.74) is 3.51. The maximum atomic E-state index is 5.89. The van der Waals surface area contributed by atoms with Crippen LogP contribution in [0.4, 0.5) is 11.4 Å². The summed E-state index contributed by atoms with van der Waals surface area (Å²) >= 11 is 0. The van der Waals surface area contributed by atoms with Crippen LogP contribution in [0, 0.1) is 0 Å². The monoisotopic (exact) mass is 302 g/mol. The van der Waals surface area contributed by atoms with Crippen molar-refractivity contribution >= 4 is 22.8 Å². The molecule has 3 heteroatoms. The first-order valence-electron chi connectivity index (χ1n) is 7.53. The maximum Gasteiger partial charge on any atom is 0.148 e. The molecule has 3 nitrogen and oxygen atoms in total. The molecule has 0 N–H and O–H groups in total. The molecule has 0 amide bonds. The summed E-state index contributed by atoms with van der Waals surface area (Å²) in [7, 11) is 0. The summed E-state index contributed by atoms with van der Waals surface area (Å²) in [5, 5.41) is 0. The minimum atomic E-state index is 0.756. The van der Waals surface area contributed by atoms with Crippen LogP contribution in [0.15, 0.2) is 87.2 Å². The van der Waals surface area contributed by atoms with E-state index in [1.165, 1.54) is 0 Å². The molecule has 3 aromatic rings. The molecule has 0 atom stereocenters. The lowest BCUT2D eigenvalue weighted by molar-refractivity contribution is 0.548. The largest absolute Gasteiger partial charge is 0.454 e. The van der Waals surface area contributed by atoms with Gasteiger partial charge in [0.25, 0.3) is 0 Å². The fourth-order valence-electron chi connectivity index (χ4n) is 2.23. The van der Waals surface area contributed by atoms with Crippen LogP contribution in [0.3, 0.4) is 0 Å². The molecule has 0 unspecified atom stereocenters. The van der Waals surface area contributed by atoms with Crippen molar-refractivity contribution in [2.75, 3.05) is 0 Å². The minimum absolute atomic E-state index is 0.756. The summed E-state index contributed by atoms with van der Waals surface area (Å²) in [5.74, 6) is 1.51.